The Labute approximate surface area is 277 Å². The van der Waals surface area contributed by atoms with Gasteiger partial charge in [0.1, 0.15) is 36.4 Å². The highest BCUT2D eigenvalue weighted by Gasteiger charge is 2.44. The van der Waals surface area contributed by atoms with Crippen LogP contribution in [0, 0.1) is 17.2 Å². The van der Waals surface area contributed by atoms with Gasteiger partial charge in [-0.2, -0.15) is 5.26 Å². The van der Waals surface area contributed by atoms with E-state index in [0.29, 0.717) is 34.1 Å². The lowest BCUT2D eigenvalue weighted by Crippen LogP contribution is -2.39. The molecule has 1 aliphatic carbocycles. The highest BCUT2D eigenvalue weighted by Crippen LogP contribution is 2.45. The van der Waals surface area contributed by atoms with E-state index in [-0.39, 0.29) is 37.3 Å². The predicted octanol–water partition coefficient (Wildman–Crippen LogP) is 5.41. The lowest BCUT2D eigenvalue weighted by molar-refractivity contribution is -0.140. The number of nitrogens with zero attached hydrogens (tertiary/aromatic N) is 2. The number of halogens is 1. The molecule has 1 heterocycles. The molecule has 3 atom stereocenters. The van der Waals surface area contributed by atoms with Crippen molar-refractivity contribution in [2.24, 2.45) is 5.92 Å². The van der Waals surface area contributed by atoms with Crippen LogP contribution in [0.5, 0.6) is 11.5 Å². The SMILES string of the molecule is CC1C(c2ccccc2)=CC=CC1(COc1cc(OCc2cccc(C#N)c2)c(CNC(CO)C(=O)O)cc1Cl)c1cc(CO)no1. The smallest absolute Gasteiger partial charge is 0.323 e. The minimum Gasteiger partial charge on any atom is -0.490 e. The summed E-state index contributed by atoms with van der Waals surface area (Å²) in [7, 11) is 0. The zero-order valence-corrected chi connectivity index (χ0v) is 26.4. The monoisotopic (exact) mass is 655 g/mol. The van der Waals surface area contributed by atoms with Crippen molar-refractivity contribution in [3.8, 4) is 17.6 Å². The number of aliphatic carboxylic acids is 1. The summed E-state index contributed by atoms with van der Waals surface area (Å²) in [5, 5.41) is 45.0. The van der Waals surface area contributed by atoms with Crippen LogP contribution in [-0.4, -0.2) is 45.7 Å². The summed E-state index contributed by atoms with van der Waals surface area (Å²) in [6.07, 6.45) is 6.01. The molecule has 0 saturated carbocycles. The third kappa shape index (κ3) is 7.56. The maximum Gasteiger partial charge on any atom is 0.323 e. The molecule has 47 heavy (non-hydrogen) atoms. The molecule has 0 spiro atoms. The summed E-state index contributed by atoms with van der Waals surface area (Å²) in [6, 6.07) is 22.9. The van der Waals surface area contributed by atoms with Gasteiger partial charge in [-0.15, -0.1) is 0 Å². The van der Waals surface area contributed by atoms with Gasteiger partial charge in [0.05, 0.1) is 35.3 Å². The lowest BCUT2D eigenvalue weighted by atomic mass is 9.67. The number of carbonyl (C=O) groups is 1. The molecule has 11 heteroatoms. The fourth-order valence-corrected chi connectivity index (χ4v) is 5.76. The van der Waals surface area contributed by atoms with Gasteiger partial charge in [-0.25, -0.2) is 0 Å². The predicted molar refractivity (Wildman–Crippen MR) is 175 cm³/mol. The van der Waals surface area contributed by atoms with E-state index in [1.807, 2.05) is 48.6 Å². The highest BCUT2D eigenvalue weighted by atomic mass is 35.5. The molecule has 3 unspecified atom stereocenters. The van der Waals surface area contributed by atoms with Gasteiger partial charge in [-0.1, -0.05) is 84.4 Å². The minimum absolute atomic E-state index is 0.0298. The summed E-state index contributed by atoms with van der Waals surface area (Å²) < 4.78 is 18.4. The summed E-state index contributed by atoms with van der Waals surface area (Å²) in [4.78, 5) is 11.5. The van der Waals surface area contributed by atoms with Crippen LogP contribution < -0.4 is 14.8 Å². The van der Waals surface area contributed by atoms with Crippen LogP contribution in [0.2, 0.25) is 5.02 Å². The maximum absolute atomic E-state index is 11.5. The van der Waals surface area contributed by atoms with Gasteiger partial charge < -0.3 is 29.3 Å². The molecule has 10 nitrogen and oxygen atoms in total. The van der Waals surface area contributed by atoms with Crippen molar-refractivity contribution in [2.75, 3.05) is 13.2 Å². The van der Waals surface area contributed by atoms with Gasteiger partial charge in [0.15, 0.2) is 5.76 Å². The van der Waals surface area contributed by atoms with Crippen molar-refractivity contribution in [1.29, 1.82) is 5.26 Å². The zero-order valence-electron chi connectivity index (χ0n) is 25.6. The van der Waals surface area contributed by atoms with Crippen LogP contribution in [-0.2, 0) is 30.0 Å². The van der Waals surface area contributed by atoms with Crippen molar-refractivity contribution in [2.45, 2.75) is 38.1 Å². The molecule has 3 aromatic carbocycles. The molecule has 1 aromatic heterocycles. The molecule has 0 saturated heterocycles. The first-order valence-electron chi connectivity index (χ1n) is 14.9. The first kappa shape index (κ1) is 33.4. The van der Waals surface area contributed by atoms with Crippen LogP contribution in [0.15, 0.2) is 95.5 Å². The van der Waals surface area contributed by atoms with Crippen LogP contribution >= 0.6 is 11.6 Å². The lowest BCUT2D eigenvalue weighted by Gasteiger charge is -2.38. The van der Waals surface area contributed by atoms with Crippen LogP contribution in [0.25, 0.3) is 5.57 Å². The summed E-state index contributed by atoms with van der Waals surface area (Å²) in [6.45, 7) is 1.42. The Bertz CT molecular complexity index is 1810. The second kappa shape index (κ2) is 15.1. The molecule has 4 N–H and O–H groups in total. The second-order valence-corrected chi connectivity index (χ2v) is 11.6. The molecular weight excluding hydrogens is 622 g/mol. The molecule has 1 aliphatic rings. The Morgan fingerprint density at radius 2 is 1.91 bits per heavy atom. The molecule has 0 radical (unpaired) electrons. The highest BCUT2D eigenvalue weighted by molar-refractivity contribution is 6.32. The fraction of sp³-hybridized carbons (Fsp3) is 0.250. The number of aliphatic hydroxyl groups excluding tert-OH is 2. The molecular formula is C36H34ClN3O7. The third-order valence-corrected chi connectivity index (χ3v) is 8.54. The van der Waals surface area contributed by atoms with Crippen molar-refractivity contribution in [3.05, 3.63) is 130 Å². The van der Waals surface area contributed by atoms with E-state index < -0.39 is 24.0 Å². The number of carboxylic acids is 1. The van der Waals surface area contributed by atoms with Gasteiger partial charge in [-0.05, 0) is 34.9 Å². The first-order chi connectivity index (χ1) is 22.8. The number of nitrogens with one attached hydrogen (secondary N) is 1. The van der Waals surface area contributed by atoms with Gasteiger partial charge in [0.2, 0.25) is 0 Å². The summed E-state index contributed by atoms with van der Waals surface area (Å²) in [5.74, 6) is -0.150. The molecule has 5 rings (SSSR count). The zero-order chi connectivity index (χ0) is 33.4. The van der Waals surface area contributed by atoms with Gasteiger partial charge in [-0.3, -0.25) is 10.1 Å². The van der Waals surface area contributed by atoms with Crippen LogP contribution in [0.4, 0.5) is 0 Å². The molecule has 0 aliphatic heterocycles. The Kier molecular flexibility index (Phi) is 10.8. The molecule has 0 amide bonds. The topological polar surface area (TPSA) is 158 Å². The number of ether oxygens (including phenoxy) is 2. The summed E-state index contributed by atoms with van der Waals surface area (Å²) in [5.41, 5.74) is 3.44. The molecule has 0 fully saturated rings. The Morgan fingerprint density at radius 3 is 2.62 bits per heavy atom. The Morgan fingerprint density at radius 1 is 1.11 bits per heavy atom. The third-order valence-electron chi connectivity index (χ3n) is 8.25. The number of aliphatic hydroxyl groups is 2. The number of aromatic nitrogens is 1. The largest absolute Gasteiger partial charge is 0.490 e. The number of hydrogen-bond donors (Lipinski definition) is 4. The quantitative estimate of drug-likeness (QED) is 0.138. The van der Waals surface area contributed by atoms with Gasteiger partial charge >= 0.3 is 5.97 Å². The number of benzene rings is 3. The minimum atomic E-state index is -1.20. The van der Waals surface area contributed by atoms with Crippen molar-refractivity contribution in [3.63, 3.8) is 0 Å². The standard InChI is InChI=1S/C36H34ClN3O7/c1-23-29(26-9-3-2-4-10-26)11-6-12-36(23,34-15-28(19-41)40-47-34)22-46-33-16-32(45-21-25-8-5-7-24(13-25)17-38)27(14-30(33)37)18-39-31(20-42)35(43)44/h2-16,23,31,39,41-42H,18-22H2,1H3,(H,43,44). The average Bonchev–Trinajstić information content (AvgIpc) is 3.59. The Hall–Kier alpha value is -4.92. The van der Waals surface area contributed by atoms with E-state index in [0.717, 1.165) is 16.7 Å². The number of hydrogen-bond acceptors (Lipinski definition) is 9. The maximum atomic E-state index is 11.5. The van der Waals surface area contributed by atoms with Crippen molar-refractivity contribution in [1.82, 2.24) is 10.5 Å². The van der Waals surface area contributed by atoms with Crippen molar-refractivity contribution >= 4 is 23.1 Å². The van der Waals surface area contributed by atoms with E-state index >= 15 is 0 Å². The van der Waals surface area contributed by atoms with E-state index in [1.165, 1.54) is 0 Å². The number of carboxylic acid groups (broad SMARTS) is 1. The Balaban J connectivity index is 1.47. The van der Waals surface area contributed by atoms with Crippen molar-refractivity contribution < 1.29 is 34.1 Å². The molecule has 242 valence electrons. The first-order valence-corrected chi connectivity index (χ1v) is 15.3. The van der Waals surface area contributed by atoms with E-state index in [4.69, 9.17) is 25.6 Å². The summed E-state index contributed by atoms with van der Waals surface area (Å²) >= 11 is 6.76. The van der Waals surface area contributed by atoms with Crippen LogP contribution in [0.1, 0.15) is 40.6 Å². The number of rotatable bonds is 14. The molecule has 0 bridgehead atoms. The van der Waals surface area contributed by atoms with Gasteiger partial charge in [0.25, 0.3) is 0 Å². The fourth-order valence-electron chi connectivity index (χ4n) is 5.52. The number of allylic oxidation sites excluding steroid dienone is 3. The average molecular weight is 656 g/mol. The number of nitriles is 1. The van der Waals surface area contributed by atoms with Gasteiger partial charge in [0, 0.05) is 30.2 Å². The normalized spacial score (nSPS) is 17.9. The molecule has 4 aromatic rings. The van der Waals surface area contributed by atoms with Crippen LogP contribution in [0.3, 0.4) is 0 Å². The second-order valence-electron chi connectivity index (χ2n) is 11.2. The van der Waals surface area contributed by atoms with E-state index in [9.17, 15) is 25.4 Å². The van der Waals surface area contributed by atoms with E-state index in [2.05, 4.69) is 29.5 Å². The van der Waals surface area contributed by atoms with E-state index in [1.54, 1.807) is 36.4 Å².